The molecule has 0 aliphatic heterocycles. The van der Waals surface area contributed by atoms with E-state index in [0.29, 0.717) is 22.7 Å². The molecule has 27 nitrogen and oxygen atoms in total. The summed E-state index contributed by atoms with van der Waals surface area (Å²) in [6, 6.07) is 51.6. The van der Waals surface area contributed by atoms with E-state index in [4.69, 9.17) is 33.9 Å². The molecule has 3 aliphatic carbocycles. The van der Waals surface area contributed by atoms with Crippen molar-refractivity contribution < 1.29 is 29.6 Å². The number of aromatic nitrogens is 16. The van der Waals surface area contributed by atoms with Crippen LogP contribution in [0.2, 0.25) is 5.15 Å². The molecule has 664 valence electrons. The van der Waals surface area contributed by atoms with E-state index in [9.17, 15) is 0 Å². The Morgan fingerprint density at radius 1 is 0.442 bits per heavy atom. The van der Waals surface area contributed by atoms with Gasteiger partial charge < -0.3 is 38.1 Å². The predicted octanol–water partition coefficient (Wildman–Crippen LogP) is 23.4. The summed E-state index contributed by atoms with van der Waals surface area (Å²) in [5, 5.41) is 50.6. The maximum atomic E-state index is 8.41. The molecular weight excluding hydrogens is 1970 g/mol. The van der Waals surface area contributed by atoms with E-state index in [1.807, 2.05) is 118 Å². The Balaban J connectivity index is 0.000000211. The number of nitrogens with one attached hydrogen (secondary N) is 4. The van der Waals surface area contributed by atoms with Crippen molar-refractivity contribution in [3.05, 3.63) is 301 Å². The van der Waals surface area contributed by atoms with Crippen LogP contribution >= 0.6 is 168 Å². The number of benzene rings is 5. The normalized spacial score (nSPS) is 12.9. The molecule has 12 heterocycles. The van der Waals surface area contributed by atoms with E-state index in [0.717, 1.165) is 123 Å². The number of fused-ring (bicyclic) bond motifs is 5. The Hall–Kier alpha value is -9.08. The van der Waals surface area contributed by atoms with E-state index in [2.05, 4.69) is 259 Å². The van der Waals surface area contributed by atoms with Gasteiger partial charge >= 0.3 is 29.6 Å². The standard InChI is InChI=1S/2C20H20N6S.C14H12BrN3S.C14H12N6S.C8H10BrN.C6H3ClN2S.C6H8.N3.Na.5H2S/c1-12(23-19-17-9-10-27-20(17)22-11-21-19)14-5-7-16(8-6-14)26-13(2)18(24-25-26)15-3-4-15;1-12(23-19-17-9-10-27-20(17)22-11-21-19)14-5-7-16(8-6-14)26-18(15-3-4-15)13(2)24-25-26;1-9(10-2-4-11(15)5-3-10)18-13-12-6-7-19-14(12)17-8-16-13;1-9(10-2-4-11(5-3-10)19-20-15)18-13-12-6-7-21-14(12)17-8-16-13;1-6(10)7-2-4-8(9)5-3-7;7-5-4-1-2-10-6(4)9-3-8-5;1-2-3-6-4-5-6;1-3-2;;;;;;/h2*5-12,15H,3-4H2,1-2H3,(H,21,22,23);2-9H,1H3,(H,16,17,18);2-9H,1H3,(H,16,17,18);2-6H,10H2,1H3;1-3H;6H,4-5H2,1H3;;;5*1H2/q;;;;;;;-1;+1;;;;;/t2*12-;2*9-;6-;;;;;;;;;/m00000........./s1. The summed E-state index contributed by atoms with van der Waals surface area (Å²) in [7, 11) is 0. The van der Waals surface area contributed by atoms with Crippen LogP contribution in [0.3, 0.4) is 0 Å². The molecule has 20 rings (SSSR count). The topological polar surface area (TPSA) is 372 Å². The molecule has 5 aromatic carbocycles. The van der Waals surface area contributed by atoms with Crippen molar-refractivity contribution in [1.29, 1.82) is 0 Å². The minimum atomic E-state index is 0. The fraction of sp³-hybridized carbons (Fsp3) is 0.250. The summed E-state index contributed by atoms with van der Waals surface area (Å²) in [6.07, 6.45) is 15.5. The summed E-state index contributed by atoms with van der Waals surface area (Å²) in [6.45, 7) is 16.5. The average molecular weight is 2070 g/mol. The summed E-state index contributed by atoms with van der Waals surface area (Å²) in [4.78, 5) is 51.6. The number of thiophene rings is 5. The summed E-state index contributed by atoms with van der Waals surface area (Å²) in [5.74, 6) is 11.4. The van der Waals surface area contributed by atoms with Gasteiger partial charge in [0.1, 0.15) is 84.2 Å². The van der Waals surface area contributed by atoms with Crippen molar-refractivity contribution in [1.82, 2.24) is 79.8 Å². The number of anilines is 4. The first-order valence-corrected chi connectivity index (χ1v) is 45.7. The number of nitrogens with zero attached hydrogens (tertiary/aromatic N) is 22. The molecule has 6 N–H and O–H groups in total. The maximum absolute atomic E-state index is 8.41. The van der Waals surface area contributed by atoms with Crippen molar-refractivity contribution >= 4 is 248 Å². The van der Waals surface area contributed by atoms with Gasteiger partial charge in [-0.25, -0.2) is 59.2 Å². The minimum absolute atomic E-state index is 0. The molecule has 3 saturated carbocycles. The fourth-order valence-corrected chi connectivity index (χ4v) is 17.3. The van der Waals surface area contributed by atoms with Gasteiger partial charge in [-0.2, -0.15) is 67.5 Å². The predicted molar refractivity (Wildman–Crippen MR) is 561 cm³/mol. The molecule has 0 radical (unpaired) electrons. The minimum Gasteiger partial charge on any atom is -0.373 e. The molecule has 3 aliphatic rings. The van der Waals surface area contributed by atoms with Gasteiger partial charge in [-0.15, -0.1) is 78.7 Å². The van der Waals surface area contributed by atoms with Crippen molar-refractivity contribution in [3.8, 4) is 23.2 Å². The monoisotopic (exact) mass is 2070 g/mol. The number of hydrogen-bond acceptors (Lipinski definition) is 25. The van der Waals surface area contributed by atoms with Crippen molar-refractivity contribution in [2.24, 2.45) is 16.8 Å². The van der Waals surface area contributed by atoms with Crippen LogP contribution in [0.1, 0.15) is 173 Å². The molecule has 3 fully saturated rings. The third-order valence-electron chi connectivity index (χ3n) is 19.9. The fourth-order valence-electron chi connectivity index (χ4n) is 12.9. The quantitative estimate of drug-likeness (QED) is 0.0133. The summed E-state index contributed by atoms with van der Waals surface area (Å²) >= 11 is 20.6. The van der Waals surface area contributed by atoms with E-state index in [1.54, 1.807) is 94.1 Å². The SMILES string of the molecule is CC#CC1CC1.C[C@H](N)c1ccc(Br)cc1.C[C@H](Nc1ncnc2sccc12)c1ccc(Br)cc1.C[C@H](Nc1ncnc2sccc12)c1ccc(N=[N+]=[N-])cc1.Cc1c(C2CC2)nnn1-c1ccc([C@H](C)Nc2ncnc3sccc23)cc1.Cc1nnn(-c2ccc([C@H](C)Nc3ncnc4sccc34)cc2)c1C1CC1.Clc1ncnc2sccc12.S.S.S.S.S.[N-]=[N+]=[N-].[Na+]. The van der Waals surface area contributed by atoms with Crippen LogP contribution < -0.4 is 56.6 Å². The van der Waals surface area contributed by atoms with Gasteiger partial charge in [0.15, 0.2) is 0 Å². The number of rotatable bonds is 18. The number of aryl methyl sites for hydroxylation is 1. The molecule has 12 aromatic heterocycles. The Labute approximate surface area is 846 Å². The zero-order valence-corrected chi connectivity index (χ0v) is 86.7. The zero-order chi connectivity index (χ0) is 86.3. The third kappa shape index (κ3) is 29.7. The number of nitrogens with two attached hydrogens (primary N) is 1. The molecule has 17 aromatic rings. The van der Waals surface area contributed by atoms with Crippen LogP contribution in [0, 0.1) is 31.6 Å². The average Bonchev–Trinajstić information content (AvgIpc) is 1.63. The second kappa shape index (κ2) is 52.8. The second-order valence-electron chi connectivity index (χ2n) is 28.8. The van der Waals surface area contributed by atoms with E-state index in [1.165, 1.54) is 77.7 Å². The summed E-state index contributed by atoms with van der Waals surface area (Å²) in [5.41, 5.74) is 40.8. The van der Waals surface area contributed by atoms with Crippen LogP contribution in [0.25, 0.3) is 88.9 Å². The van der Waals surface area contributed by atoms with Crippen LogP contribution in [0.15, 0.2) is 224 Å². The van der Waals surface area contributed by atoms with Crippen LogP contribution in [0.5, 0.6) is 0 Å². The summed E-state index contributed by atoms with van der Waals surface area (Å²) < 4.78 is 6.12. The molecule has 129 heavy (non-hydrogen) atoms. The van der Waals surface area contributed by atoms with Crippen LogP contribution in [-0.4, -0.2) is 79.8 Å². The molecule has 0 saturated heterocycles. The van der Waals surface area contributed by atoms with Gasteiger partial charge in [-0.3, -0.25) is 4.91 Å². The molecule has 0 bridgehead atoms. The first kappa shape index (κ1) is 107. The van der Waals surface area contributed by atoms with Crippen molar-refractivity contribution in [3.63, 3.8) is 0 Å². The Morgan fingerprint density at radius 3 is 1.10 bits per heavy atom. The number of halogens is 3. The van der Waals surface area contributed by atoms with E-state index < -0.39 is 0 Å². The van der Waals surface area contributed by atoms with Crippen LogP contribution in [0.4, 0.5) is 29.0 Å². The first-order chi connectivity index (χ1) is 59.8. The number of azide groups is 1. The molecular formula is C88H95Br2ClN27NaS10. The second-order valence-corrected chi connectivity index (χ2v) is 35.5. The Morgan fingerprint density at radius 2 is 0.767 bits per heavy atom. The van der Waals surface area contributed by atoms with Gasteiger partial charge in [0.05, 0.1) is 55.7 Å². The maximum Gasteiger partial charge on any atom is 1.00 e. The Kier molecular flexibility index (Phi) is 43.8. The van der Waals surface area contributed by atoms with Gasteiger partial charge in [0.25, 0.3) is 0 Å². The number of hydrogen-bond donors (Lipinski definition) is 5. The third-order valence-corrected chi connectivity index (χ3v) is 25.4. The largest absolute Gasteiger partial charge is 1.00 e. The molecule has 0 amide bonds. The van der Waals surface area contributed by atoms with Gasteiger partial charge in [0.2, 0.25) is 0 Å². The van der Waals surface area contributed by atoms with E-state index >= 15 is 0 Å². The molecule has 0 spiro atoms. The van der Waals surface area contributed by atoms with Gasteiger partial charge in [-0.1, -0.05) is 132 Å². The van der Waals surface area contributed by atoms with Crippen molar-refractivity contribution in [2.75, 3.05) is 21.3 Å². The van der Waals surface area contributed by atoms with Gasteiger partial charge in [0, 0.05) is 72.9 Å². The van der Waals surface area contributed by atoms with E-state index in [-0.39, 0.29) is 127 Å². The van der Waals surface area contributed by atoms with Crippen LogP contribution in [-0.2, 0) is 0 Å². The molecule has 0 unspecified atom stereocenters. The van der Waals surface area contributed by atoms with Crippen molar-refractivity contribution in [2.45, 2.75) is 136 Å². The first-order valence-electron chi connectivity index (χ1n) is 39.3. The smallest absolute Gasteiger partial charge is 0.373 e. The Bertz CT molecular complexity index is 6490. The van der Waals surface area contributed by atoms with Gasteiger partial charge in [-0.05, 0) is 233 Å². The molecule has 5 atom stereocenters. The molecule has 41 heteroatoms. The zero-order valence-electron chi connectivity index (χ0n) is 71.7.